The van der Waals surface area contributed by atoms with Crippen molar-refractivity contribution < 1.29 is 8.83 Å². The first-order valence-electron chi connectivity index (χ1n) is 18.8. The molecule has 0 radical (unpaired) electrons. The van der Waals surface area contributed by atoms with Gasteiger partial charge in [-0.1, -0.05) is 54.6 Å². The molecule has 11 rings (SSSR count). The second-order valence-corrected chi connectivity index (χ2v) is 14.3. The molecule has 0 N–H and O–H groups in total. The van der Waals surface area contributed by atoms with Crippen LogP contribution >= 0.6 is 0 Å². The number of hydrogen-bond donors (Lipinski definition) is 0. The maximum absolute atomic E-state index is 9.55. The van der Waals surface area contributed by atoms with E-state index in [1.165, 1.54) is 0 Å². The number of pyridine rings is 1. The number of fused-ring (bicyclic) bond motifs is 9. The van der Waals surface area contributed by atoms with Crippen LogP contribution in [0.4, 0.5) is 39.8 Å². The highest BCUT2D eigenvalue weighted by Gasteiger charge is 2.19. The summed E-state index contributed by atoms with van der Waals surface area (Å²) in [5.74, 6) is 0. The third-order valence-electron chi connectivity index (χ3n) is 10.9. The Morgan fingerprint density at radius 1 is 0.466 bits per heavy atom. The first kappa shape index (κ1) is 33.0. The Bertz CT molecular complexity index is 3260. The van der Waals surface area contributed by atoms with Crippen molar-refractivity contribution in [2.45, 2.75) is 0 Å². The second-order valence-electron chi connectivity index (χ2n) is 14.3. The second kappa shape index (κ2) is 13.1. The van der Waals surface area contributed by atoms with E-state index in [0.29, 0.717) is 17.0 Å². The van der Waals surface area contributed by atoms with E-state index in [9.17, 15) is 5.26 Å². The molecular formula is C51H29N5O2. The van der Waals surface area contributed by atoms with Gasteiger partial charge >= 0.3 is 0 Å². The van der Waals surface area contributed by atoms with Crippen LogP contribution in [-0.2, 0) is 0 Å². The number of benzene rings is 8. The van der Waals surface area contributed by atoms with Crippen molar-refractivity contribution in [2.75, 3.05) is 9.80 Å². The molecule has 0 aliphatic rings. The number of anilines is 6. The molecule has 270 valence electrons. The van der Waals surface area contributed by atoms with Crippen LogP contribution in [0.25, 0.3) is 70.4 Å². The summed E-state index contributed by atoms with van der Waals surface area (Å²) in [6, 6.07) is 59.6. The summed E-state index contributed by atoms with van der Waals surface area (Å²) in [5.41, 5.74) is 9.90. The normalized spacial score (nSPS) is 11.4. The van der Waals surface area contributed by atoms with E-state index in [4.69, 9.17) is 15.4 Å². The lowest BCUT2D eigenvalue weighted by Gasteiger charge is -2.26. The zero-order valence-corrected chi connectivity index (χ0v) is 30.8. The number of nitrogens with zero attached hydrogens (tertiary/aromatic N) is 5. The van der Waals surface area contributed by atoms with Crippen molar-refractivity contribution in [3.8, 4) is 6.07 Å². The van der Waals surface area contributed by atoms with Gasteiger partial charge < -0.3 is 18.6 Å². The third-order valence-corrected chi connectivity index (χ3v) is 10.9. The van der Waals surface area contributed by atoms with Crippen LogP contribution in [0.1, 0.15) is 5.56 Å². The molecule has 0 spiro atoms. The zero-order chi connectivity index (χ0) is 38.7. The largest absolute Gasteiger partial charge is 0.456 e. The minimum absolute atomic E-state index is 0.583. The Morgan fingerprint density at radius 3 is 1.59 bits per heavy atom. The standard InChI is InChI=1S/C51H29N5O2/c1-53-35-12-16-37(17-13-35)56(41-21-25-46-47-6-4-26-54-51(47)58-50(46)30-41)39-19-23-43-34(28-39)11-10-33-27-38(18-22-42(33)43)55(36-14-8-32(31-52)9-15-36)40-20-24-45-44-5-2-3-7-48(44)57-49(45)29-40/h2-30H. The lowest BCUT2D eigenvalue weighted by Crippen LogP contribution is -2.10. The molecule has 0 aliphatic carbocycles. The van der Waals surface area contributed by atoms with Crippen LogP contribution in [0.3, 0.4) is 0 Å². The summed E-state index contributed by atoms with van der Waals surface area (Å²) in [6.07, 6.45) is 1.74. The van der Waals surface area contributed by atoms with Crippen LogP contribution in [0.5, 0.6) is 0 Å². The van der Waals surface area contributed by atoms with Crippen molar-refractivity contribution in [2.24, 2.45) is 0 Å². The predicted octanol–water partition coefficient (Wildman–Crippen LogP) is 14.5. The fourth-order valence-corrected chi connectivity index (χ4v) is 8.17. The van der Waals surface area contributed by atoms with E-state index in [2.05, 4.69) is 117 Å². The topological polar surface area (TPSA) is 73.8 Å². The average Bonchev–Trinajstić information content (AvgIpc) is 3.84. The highest BCUT2D eigenvalue weighted by atomic mass is 16.3. The number of para-hydroxylation sites is 1. The van der Waals surface area contributed by atoms with Crippen molar-refractivity contribution >= 4 is 105 Å². The molecule has 7 nitrogen and oxygen atoms in total. The molecule has 0 aliphatic heterocycles. The number of aromatic nitrogens is 1. The molecule has 0 bridgehead atoms. The van der Waals surface area contributed by atoms with Gasteiger partial charge in [0.1, 0.15) is 16.7 Å². The van der Waals surface area contributed by atoms with Crippen molar-refractivity contribution in [1.29, 1.82) is 5.26 Å². The maximum Gasteiger partial charge on any atom is 0.227 e. The van der Waals surface area contributed by atoms with Gasteiger partial charge in [-0.2, -0.15) is 5.26 Å². The van der Waals surface area contributed by atoms with Gasteiger partial charge in [-0.15, -0.1) is 0 Å². The Balaban J connectivity index is 1.02. The van der Waals surface area contributed by atoms with Crippen LogP contribution in [0.2, 0.25) is 0 Å². The molecule has 8 aromatic carbocycles. The number of nitriles is 1. The van der Waals surface area contributed by atoms with E-state index in [-0.39, 0.29) is 0 Å². The van der Waals surface area contributed by atoms with Gasteiger partial charge in [0.05, 0.1) is 18.2 Å². The lowest BCUT2D eigenvalue weighted by atomic mass is 10.00. The zero-order valence-electron chi connectivity index (χ0n) is 30.8. The van der Waals surface area contributed by atoms with Gasteiger partial charge in [0.25, 0.3) is 0 Å². The summed E-state index contributed by atoms with van der Waals surface area (Å²) in [5, 5.41) is 18.1. The molecule has 0 fully saturated rings. The smallest absolute Gasteiger partial charge is 0.227 e. The molecule has 0 unspecified atom stereocenters. The maximum atomic E-state index is 9.55. The molecule has 3 heterocycles. The summed E-state index contributed by atoms with van der Waals surface area (Å²) in [6.45, 7) is 7.51. The van der Waals surface area contributed by atoms with Crippen molar-refractivity contribution in [3.63, 3.8) is 0 Å². The van der Waals surface area contributed by atoms with Crippen molar-refractivity contribution in [1.82, 2.24) is 4.98 Å². The van der Waals surface area contributed by atoms with E-state index in [1.807, 2.05) is 78.9 Å². The highest BCUT2D eigenvalue weighted by Crippen LogP contribution is 2.43. The lowest BCUT2D eigenvalue weighted by molar-refractivity contribution is 0.654. The molecule has 7 heteroatoms. The first-order valence-corrected chi connectivity index (χ1v) is 18.8. The van der Waals surface area contributed by atoms with E-state index in [1.54, 1.807) is 6.20 Å². The van der Waals surface area contributed by atoms with Gasteiger partial charge in [0, 0.05) is 74.0 Å². The Kier molecular flexibility index (Phi) is 7.47. The van der Waals surface area contributed by atoms with Crippen LogP contribution in [0.15, 0.2) is 185 Å². The fourth-order valence-electron chi connectivity index (χ4n) is 8.17. The Labute approximate surface area is 332 Å². The van der Waals surface area contributed by atoms with E-state index < -0.39 is 0 Å². The van der Waals surface area contributed by atoms with Gasteiger partial charge in [0.2, 0.25) is 5.71 Å². The average molecular weight is 744 g/mol. The molecule has 58 heavy (non-hydrogen) atoms. The monoisotopic (exact) mass is 743 g/mol. The molecule has 0 saturated heterocycles. The van der Waals surface area contributed by atoms with E-state index >= 15 is 0 Å². The van der Waals surface area contributed by atoms with Gasteiger partial charge in [-0.05, 0) is 125 Å². The SMILES string of the molecule is [C-]#[N+]c1ccc(N(c2ccc3c(ccc4cc(N(c5ccc(C#N)cc5)c5ccc6c(c5)oc5ccccc56)ccc43)c2)c2ccc3c(c2)oc2ncccc23)cc1. The quantitative estimate of drug-likeness (QED) is 0.125. The third kappa shape index (κ3) is 5.38. The van der Waals surface area contributed by atoms with Gasteiger partial charge in [0.15, 0.2) is 5.69 Å². The first-order chi connectivity index (χ1) is 28.6. The Morgan fingerprint density at radius 2 is 0.966 bits per heavy atom. The summed E-state index contributed by atoms with van der Waals surface area (Å²) in [7, 11) is 0. The predicted molar refractivity (Wildman–Crippen MR) is 234 cm³/mol. The van der Waals surface area contributed by atoms with E-state index in [0.717, 1.165) is 94.0 Å². The van der Waals surface area contributed by atoms with Crippen LogP contribution in [0, 0.1) is 17.9 Å². The minimum Gasteiger partial charge on any atom is -0.456 e. The molecule has 0 amide bonds. The molecule has 0 saturated carbocycles. The van der Waals surface area contributed by atoms with Crippen LogP contribution in [-0.4, -0.2) is 4.98 Å². The molecule has 11 aromatic rings. The van der Waals surface area contributed by atoms with Crippen LogP contribution < -0.4 is 9.80 Å². The molecule has 0 atom stereocenters. The molecular weight excluding hydrogens is 715 g/mol. The minimum atomic E-state index is 0.583. The highest BCUT2D eigenvalue weighted by molar-refractivity contribution is 6.11. The number of furan rings is 2. The molecule has 3 aromatic heterocycles. The number of hydrogen-bond acceptors (Lipinski definition) is 6. The van der Waals surface area contributed by atoms with Gasteiger partial charge in [-0.25, -0.2) is 9.83 Å². The fraction of sp³-hybridized carbons (Fsp3) is 0. The summed E-state index contributed by atoms with van der Waals surface area (Å²) in [4.78, 5) is 12.4. The van der Waals surface area contributed by atoms with Crippen molar-refractivity contribution in [3.05, 3.63) is 193 Å². The number of rotatable bonds is 6. The summed E-state index contributed by atoms with van der Waals surface area (Å²) < 4.78 is 12.5. The van der Waals surface area contributed by atoms with Gasteiger partial charge in [-0.3, -0.25) is 0 Å². The summed E-state index contributed by atoms with van der Waals surface area (Å²) >= 11 is 0. The Hall–Kier alpha value is -8.39.